The molecule has 14 heavy (non-hydrogen) atoms. The van der Waals surface area contributed by atoms with Gasteiger partial charge in [-0.15, -0.1) is 0 Å². The van der Waals surface area contributed by atoms with Crippen LogP contribution in [0, 0.1) is 0 Å². The summed E-state index contributed by atoms with van der Waals surface area (Å²) < 4.78 is 9.56. The Kier molecular flexibility index (Phi) is 8.43. The van der Waals surface area contributed by atoms with Gasteiger partial charge in [-0.1, -0.05) is 12.8 Å². The molecule has 1 aliphatic carbocycles. The molecule has 2 unspecified atom stereocenters. The summed E-state index contributed by atoms with van der Waals surface area (Å²) >= 11 is 0. The van der Waals surface area contributed by atoms with E-state index in [2.05, 4.69) is 24.7 Å². The molecule has 0 bridgehead atoms. The molecule has 1 aliphatic rings. The van der Waals surface area contributed by atoms with Gasteiger partial charge in [-0.2, -0.15) is 0 Å². The van der Waals surface area contributed by atoms with Gasteiger partial charge in [-0.25, -0.2) is 0 Å². The van der Waals surface area contributed by atoms with Crippen LogP contribution in [0.2, 0.25) is 0 Å². The van der Waals surface area contributed by atoms with Crippen molar-refractivity contribution in [1.29, 1.82) is 0 Å². The minimum atomic E-state index is -0.611. The molecule has 0 aromatic rings. The van der Waals surface area contributed by atoms with Gasteiger partial charge in [0.2, 0.25) is 0 Å². The predicted octanol–water partition coefficient (Wildman–Crippen LogP) is 0.731. The number of nitrogens with one attached hydrogen (secondary N) is 2. The van der Waals surface area contributed by atoms with E-state index in [4.69, 9.17) is 0 Å². The summed E-state index contributed by atoms with van der Waals surface area (Å²) in [5, 5.41) is 6.68. The molecule has 1 rings (SSSR count). The van der Waals surface area contributed by atoms with Crippen LogP contribution >= 0.6 is 0 Å². The summed E-state index contributed by atoms with van der Waals surface area (Å²) in [7, 11) is 3.50. The average Bonchev–Trinajstić information content (AvgIpc) is 2.17. The molecular weight excluding hydrogens is 196 g/mol. The van der Waals surface area contributed by atoms with Crippen molar-refractivity contribution >= 4 is 10.8 Å². The van der Waals surface area contributed by atoms with Crippen LogP contribution in [-0.2, 0) is 10.8 Å². The second-order valence-corrected chi connectivity index (χ2v) is 5.30. The maximum atomic E-state index is 9.56. The highest BCUT2D eigenvalue weighted by Crippen LogP contribution is 2.17. The summed E-state index contributed by atoms with van der Waals surface area (Å²) in [6, 6.07) is 1.41. The molecule has 0 radical (unpaired) electrons. The number of likely N-dealkylation sites (N-methyl/N-ethyl adjacent to an activating group) is 2. The molecule has 1 fully saturated rings. The van der Waals surface area contributed by atoms with Gasteiger partial charge in [0, 0.05) is 35.4 Å². The third-order valence-corrected chi connectivity index (χ3v) is 2.51. The normalized spacial score (nSPS) is 26.9. The first-order valence-electron chi connectivity index (χ1n) is 5.21. The Hall–Kier alpha value is 0.0700. The van der Waals surface area contributed by atoms with E-state index in [-0.39, 0.29) is 0 Å². The molecule has 0 heterocycles. The van der Waals surface area contributed by atoms with Gasteiger partial charge in [0.15, 0.2) is 0 Å². The minimum absolute atomic E-state index is 0.611. The number of rotatable bonds is 2. The van der Waals surface area contributed by atoms with Crippen molar-refractivity contribution in [3.63, 3.8) is 0 Å². The van der Waals surface area contributed by atoms with Gasteiger partial charge in [0.05, 0.1) is 0 Å². The fourth-order valence-electron chi connectivity index (χ4n) is 1.82. The van der Waals surface area contributed by atoms with Crippen LogP contribution in [-0.4, -0.2) is 42.9 Å². The Morgan fingerprint density at radius 3 is 1.50 bits per heavy atom. The maximum absolute atomic E-state index is 9.56. The molecule has 0 aromatic carbocycles. The standard InChI is InChI=1S/C8H18N2.C2H6OS/c1-9-7-5-3-4-6-8(7)10-2;1-4(2)3/h7-10H,3-6H2,1-2H3;1-2H3. The van der Waals surface area contributed by atoms with Crippen LogP contribution < -0.4 is 10.6 Å². The highest BCUT2D eigenvalue weighted by atomic mass is 32.2. The molecule has 0 saturated heterocycles. The Labute approximate surface area is 90.5 Å². The molecule has 2 atom stereocenters. The average molecular weight is 220 g/mol. The Morgan fingerprint density at radius 2 is 1.29 bits per heavy atom. The lowest BCUT2D eigenvalue weighted by molar-refractivity contribution is 0.309. The first kappa shape index (κ1) is 14.1. The Balaban J connectivity index is 0.000000364. The Morgan fingerprint density at radius 1 is 1.00 bits per heavy atom. The van der Waals surface area contributed by atoms with Crippen LogP contribution in [0.25, 0.3) is 0 Å². The van der Waals surface area contributed by atoms with Crippen molar-refractivity contribution in [3.05, 3.63) is 0 Å². The van der Waals surface area contributed by atoms with Crippen molar-refractivity contribution in [1.82, 2.24) is 10.6 Å². The summed E-state index contributed by atoms with van der Waals surface area (Å²) in [6.45, 7) is 0. The lowest BCUT2D eigenvalue weighted by Gasteiger charge is -2.30. The first-order chi connectivity index (χ1) is 6.61. The van der Waals surface area contributed by atoms with E-state index in [1.54, 1.807) is 12.5 Å². The minimum Gasteiger partial charge on any atom is -0.315 e. The van der Waals surface area contributed by atoms with Gasteiger partial charge in [-0.3, -0.25) is 4.21 Å². The van der Waals surface area contributed by atoms with Gasteiger partial charge >= 0.3 is 0 Å². The molecule has 0 amide bonds. The van der Waals surface area contributed by atoms with E-state index < -0.39 is 10.8 Å². The molecule has 0 spiro atoms. The van der Waals surface area contributed by atoms with E-state index in [0.717, 1.165) is 0 Å². The summed E-state index contributed by atoms with van der Waals surface area (Å²) in [4.78, 5) is 0. The fourth-order valence-corrected chi connectivity index (χ4v) is 1.82. The van der Waals surface area contributed by atoms with Crippen LogP contribution in [0.4, 0.5) is 0 Å². The van der Waals surface area contributed by atoms with Gasteiger partial charge in [-0.05, 0) is 26.9 Å². The zero-order chi connectivity index (χ0) is 11.0. The van der Waals surface area contributed by atoms with Crippen LogP contribution in [0.15, 0.2) is 0 Å². The molecule has 3 nitrogen and oxygen atoms in total. The molecule has 86 valence electrons. The van der Waals surface area contributed by atoms with Crippen LogP contribution in [0.5, 0.6) is 0 Å². The summed E-state index contributed by atoms with van der Waals surface area (Å²) in [5.41, 5.74) is 0. The molecule has 1 saturated carbocycles. The SMILES string of the molecule is CNC1CCCCC1NC.CS(C)=O. The predicted molar refractivity (Wildman–Crippen MR) is 64.2 cm³/mol. The monoisotopic (exact) mass is 220 g/mol. The molecular formula is C10H24N2OS. The number of hydrogen-bond acceptors (Lipinski definition) is 3. The largest absolute Gasteiger partial charge is 0.315 e. The van der Waals surface area contributed by atoms with E-state index in [0.29, 0.717) is 12.1 Å². The third kappa shape index (κ3) is 6.51. The highest BCUT2D eigenvalue weighted by molar-refractivity contribution is 7.83. The topological polar surface area (TPSA) is 41.1 Å². The van der Waals surface area contributed by atoms with Gasteiger partial charge < -0.3 is 10.6 Å². The quantitative estimate of drug-likeness (QED) is 0.721. The highest BCUT2D eigenvalue weighted by Gasteiger charge is 2.21. The zero-order valence-electron chi connectivity index (χ0n) is 9.80. The van der Waals surface area contributed by atoms with Crippen molar-refractivity contribution in [3.8, 4) is 0 Å². The molecule has 2 N–H and O–H groups in total. The van der Waals surface area contributed by atoms with Crippen molar-refractivity contribution in [2.45, 2.75) is 37.8 Å². The summed E-state index contributed by atoms with van der Waals surface area (Å²) in [5.74, 6) is 0. The smallest absolute Gasteiger partial charge is 0.0218 e. The lowest BCUT2D eigenvalue weighted by Crippen LogP contribution is -2.47. The zero-order valence-corrected chi connectivity index (χ0v) is 10.6. The lowest BCUT2D eigenvalue weighted by atomic mass is 9.91. The summed E-state index contributed by atoms with van der Waals surface area (Å²) in [6.07, 6.45) is 8.73. The molecule has 0 aromatic heterocycles. The van der Waals surface area contributed by atoms with E-state index in [9.17, 15) is 4.21 Å². The first-order valence-corrected chi connectivity index (χ1v) is 7.18. The second kappa shape index (κ2) is 8.38. The number of hydrogen-bond donors (Lipinski definition) is 2. The molecule has 4 heteroatoms. The fraction of sp³-hybridized carbons (Fsp3) is 1.00. The Bertz CT molecular complexity index is 148. The van der Waals surface area contributed by atoms with E-state index in [1.807, 2.05) is 0 Å². The van der Waals surface area contributed by atoms with Crippen molar-refractivity contribution < 1.29 is 4.21 Å². The maximum Gasteiger partial charge on any atom is 0.0218 e. The van der Waals surface area contributed by atoms with E-state index >= 15 is 0 Å². The van der Waals surface area contributed by atoms with Gasteiger partial charge in [0.25, 0.3) is 0 Å². The molecule has 0 aliphatic heterocycles. The van der Waals surface area contributed by atoms with Crippen molar-refractivity contribution in [2.24, 2.45) is 0 Å². The second-order valence-electron chi connectivity index (χ2n) is 3.82. The third-order valence-electron chi connectivity index (χ3n) is 2.51. The van der Waals surface area contributed by atoms with Crippen LogP contribution in [0.1, 0.15) is 25.7 Å². The van der Waals surface area contributed by atoms with E-state index in [1.165, 1.54) is 25.7 Å². The van der Waals surface area contributed by atoms with Gasteiger partial charge in [0.1, 0.15) is 0 Å². The van der Waals surface area contributed by atoms with Crippen LogP contribution in [0.3, 0.4) is 0 Å². The van der Waals surface area contributed by atoms with Crippen molar-refractivity contribution in [2.75, 3.05) is 26.6 Å².